The first-order valence-corrected chi connectivity index (χ1v) is 8.40. The number of fused-ring (bicyclic) bond motifs is 1. The Kier molecular flexibility index (Phi) is 4.22. The van der Waals surface area contributed by atoms with Crippen molar-refractivity contribution in [3.05, 3.63) is 42.7 Å². The minimum atomic E-state index is -0.348. The predicted octanol–water partition coefficient (Wildman–Crippen LogP) is 4.60. The van der Waals surface area contributed by atoms with E-state index in [0.29, 0.717) is 17.3 Å². The third-order valence-corrected chi connectivity index (χ3v) is 4.48. The van der Waals surface area contributed by atoms with Crippen molar-refractivity contribution < 1.29 is 9.21 Å². The minimum absolute atomic E-state index is 0.199. The molecule has 3 aromatic rings. The molecule has 0 aliphatic heterocycles. The highest BCUT2D eigenvalue weighted by atomic mass is 32.2. The second-order valence-electron chi connectivity index (χ2n) is 6.31. The van der Waals surface area contributed by atoms with E-state index in [-0.39, 0.29) is 11.2 Å². The third kappa shape index (κ3) is 3.45. The van der Waals surface area contributed by atoms with Gasteiger partial charge in [-0.2, -0.15) is 0 Å². The molecule has 0 radical (unpaired) electrons. The molecule has 0 spiro atoms. The highest BCUT2D eigenvalue weighted by Crippen LogP contribution is 2.30. The topological polar surface area (TPSA) is 56.0 Å². The van der Waals surface area contributed by atoms with Crippen molar-refractivity contribution in [2.75, 3.05) is 5.75 Å². The number of furan rings is 1. The number of nitrogens with zero attached hydrogens (tertiary/aromatic N) is 2. The fraction of sp³-hybridized carbons (Fsp3) is 0.278. The standard InChI is InChI=1S/C18H18N2O2S/c1-18(2,3)15(21)11-23-17-12-7-4-5-8-13(12)19-16(20-17)14-9-6-10-22-14/h4-10H,11H2,1-3H3. The van der Waals surface area contributed by atoms with E-state index in [2.05, 4.69) is 9.97 Å². The van der Waals surface area contributed by atoms with E-state index in [4.69, 9.17) is 4.42 Å². The summed E-state index contributed by atoms with van der Waals surface area (Å²) in [6.45, 7) is 5.80. The monoisotopic (exact) mass is 326 g/mol. The molecule has 2 heterocycles. The molecule has 0 N–H and O–H groups in total. The SMILES string of the molecule is CC(C)(C)C(=O)CSc1nc(-c2ccco2)nc2ccccc12. The van der Waals surface area contributed by atoms with Crippen LogP contribution in [0.5, 0.6) is 0 Å². The zero-order valence-corrected chi connectivity index (χ0v) is 14.2. The highest BCUT2D eigenvalue weighted by molar-refractivity contribution is 8.00. The van der Waals surface area contributed by atoms with Crippen molar-refractivity contribution in [2.45, 2.75) is 25.8 Å². The molecular formula is C18H18N2O2S. The number of rotatable bonds is 4. The van der Waals surface area contributed by atoms with E-state index in [9.17, 15) is 4.79 Å². The summed E-state index contributed by atoms with van der Waals surface area (Å²) in [6, 6.07) is 11.5. The Hall–Kier alpha value is -2.14. The lowest BCUT2D eigenvalue weighted by atomic mass is 9.92. The quantitative estimate of drug-likeness (QED) is 0.518. The van der Waals surface area contributed by atoms with Crippen LogP contribution in [0.1, 0.15) is 20.8 Å². The van der Waals surface area contributed by atoms with Gasteiger partial charge in [-0.15, -0.1) is 0 Å². The van der Waals surface area contributed by atoms with Gasteiger partial charge in [0.05, 0.1) is 17.5 Å². The normalized spacial score (nSPS) is 11.8. The van der Waals surface area contributed by atoms with E-state index in [1.54, 1.807) is 6.26 Å². The van der Waals surface area contributed by atoms with E-state index in [1.165, 1.54) is 11.8 Å². The molecule has 0 aliphatic carbocycles. The predicted molar refractivity (Wildman–Crippen MR) is 92.4 cm³/mol. The number of carbonyl (C=O) groups is 1. The number of thioether (sulfide) groups is 1. The van der Waals surface area contributed by atoms with Gasteiger partial charge in [0.1, 0.15) is 10.8 Å². The van der Waals surface area contributed by atoms with Crippen molar-refractivity contribution in [1.29, 1.82) is 0 Å². The van der Waals surface area contributed by atoms with Crippen molar-refractivity contribution in [3.8, 4) is 11.6 Å². The van der Waals surface area contributed by atoms with Gasteiger partial charge in [0, 0.05) is 10.8 Å². The molecule has 0 fully saturated rings. The van der Waals surface area contributed by atoms with Gasteiger partial charge in [-0.05, 0) is 18.2 Å². The molecule has 0 amide bonds. The first kappa shape index (κ1) is 15.7. The Bertz CT molecular complexity index is 836. The number of hydrogen-bond acceptors (Lipinski definition) is 5. The summed E-state index contributed by atoms with van der Waals surface area (Å²) >= 11 is 1.45. The second kappa shape index (κ2) is 6.16. The first-order valence-electron chi connectivity index (χ1n) is 7.42. The van der Waals surface area contributed by atoms with Crippen molar-refractivity contribution in [3.63, 3.8) is 0 Å². The zero-order valence-electron chi connectivity index (χ0n) is 13.4. The van der Waals surface area contributed by atoms with E-state index < -0.39 is 0 Å². The zero-order chi connectivity index (χ0) is 16.4. The van der Waals surface area contributed by atoms with Gasteiger partial charge in [-0.3, -0.25) is 4.79 Å². The molecule has 23 heavy (non-hydrogen) atoms. The Morgan fingerprint density at radius 1 is 1.13 bits per heavy atom. The van der Waals surface area contributed by atoms with Crippen LogP contribution in [-0.4, -0.2) is 21.5 Å². The smallest absolute Gasteiger partial charge is 0.197 e. The Morgan fingerprint density at radius 3 is 2.61 bits per heavy atom. The van der Waals surface area contributed by atoms with Gasteiger partial charge >= 0.3 is 0 Å². The van der Waals surface area contributed by atoms with Gasteiger partial charge in [0.25, 0.3) is 0 Å². The minimum Gasteiger partial charge on any atom is -0.461 e. The lowest BCUT2D eigenvalue weighted by molar-refractivity contribution is -0.123. The first-order chi connectivity index (χ1) is 10.9. The molecule has 2 aromatic heterocycles. The lowest BCUT2D eigenvalue weighted by Crippen LogP contribution is -2.22. The molecule has 0 aliphatic rings. The Labute approximate surface area is 139 Å². The highest BCUT2D eigenvalue weighted by Gasteiger charge is 2.22. The molecule has 0 bridgehead atoms. The number of para-hydroxylation sites is 1. The molecule has 1 aromatic carbocycles. The third-order valence-electron chi connectivity index (χ3n) is 3.49. The fourth-order valence-corrected chi connectivity index (χ4v) is 3.20. The van der Waals surface area contributed by atoms with Crippen LogP contribution in [0.3, 0.4) is 0 Å². The van der Waals surface area contributed by atoms with Gasteiger partial charge in [0.15, 0.2) is 11.6 Å². The summed E-state index contributed by atoms with van der Waals surface area (Å²) in [5.41, 5.74) is 0.499. The summed E-state index contributed by atoms with van der Waals surface area (Å²) in [5, 5.41) is 1.76. The van der Waals surface area contributed by atoms with E-state index in [1.807, 2.05) is 57.2 Å². The molecule has 0 saturated carbocycles. The molecule has 3 rings (SSSR count). The molecule has 118 valence electrons. The number of Topliss-reactive ketones (excluding diaryl/α,β-unsaturated/α-hetero) is 1. The summed E-state index contributed by atoms with van der Waals surface area (Å²) in [6.07, 6.45) is 1.60. The maximum atomic E-state index is 12.2. The second-order valence-corrected chi connectivity index (χ2v) is 7.27. The average Bonchev–Trinajstić information content (AvgIpc) is 3.05. The van der Waals surface area contributed by atoms with Gasteiger partial charge in [0.2, 0.25) is 0 Å². The van der Waals surface area contributed by atoms with Gasteiger partial charge < -0.3 is 4.42 Å². The summed E-state index contributed by atoms with van der Waals surface area (Å²) in [7, 11) is 0. The van der Waals surface area contributed by atoms with Crippen molar-refractivity contribution in [2.24, 2.45) is 5.41 Å². The van der Waals surface area contributed by atoms with Gasteiger partial charge in [-0.1, -0.05) is 50.7 Å². The summed E-state index contributed by atoms with van der Waals surface area (Å²) in [4.78, 5) is 21.4. The lowest BCUT2D eigenvalue weighted by Gasteiger charge is -2.16. The van der Waals surface area contributed by atoms with E-state index >= 15 is 0 Å². The maximum absolute atomic E-state index is 12.2. The number of aromatic nitrogens is 2. The fourth-order valence-electron chi connectivity index (χ4n) is 2.02. The van der Waals surface area contributed by atoms with Crippen LogP contribution >= 0.6 is 11.8 Å². The van der Waals surface area contributed by atoms with Gasteiger partial charge in [-0.25, -0.2) is 9.97 Å². The average molecular weight is 326 g/mol. The summed E-state index contributed by atoms with van der Waals surface area (Å²) < 4.78 is 5.40. The van der Waals surface area contributed by atoms with E-state index in [0.717, 1.165) is 15.9 Å². The van der Waals surface area contributed by atoms with Crippen LogP contribution in [0.15, 0.2) is 52.1 Å². The molecule has 0 unspecified atom stereocenters. The van der Waals surface area contributed by atoms with Crippen LogP contribution in [0, 0.1) is 5.41 Å². The van der Waals surface area contributed by atoms with Crippen molar-refractivity contribution in [1.82, 2.24) is 9.97 Å². The molecular weight excluding hydrogens is 308 g/mol. The number of ketones is 1. The summed E-state index contributed by atoms with van der Waals surface area (Å²) in [5.74, 6) is 1.76. The Morgan fingerprint density at radius 2 is 1.91 bits per heavy atom. The molecule has 0 atom stereocenters. The molecule has 5 heteroatoms. The number of benzene rings is 1. The van der Waals surface area contributed by atoms with Crippen LogP contribution in [0.2, 0.25) is 0 Å². The molecule has 4 nitrogen and oxygen atoms in total. The number of carbonyl (C=O) groups excluding carboxylic acids is 1. The Balaban J connectivity index is 1.99. The van der Waals surface area contributed by atoms with Crippen LogP contribution < -0.4 is 0 Å². The number of hydrogen-bond donors (Lipinski definition) is 0. The largest absolute Gasteiger partial charge is 0.461 e. The van der Waals surface area contributed by atoms with Crippen LogP contribution in [-0.2, 0) is 4.79 Å². The maximum Gasteiger partial charge on any atom is 0.197 e. The van der Waals surface area contributed by atoms with Crippen LogP contribution in [0.4, 0.5) is 0 Å². The molecule has 0 saturated heterocycles. The van der Waals surface area contributed by atoms with Crippen molar-refractivity contribution >= 4 is 28.4 Å². The van der Waals surface area contributed by atoms with Crippen LogP contribution in [0.25, 0.3) is 22.5 Å².